The van der Waals surface area contributed by atoms with Gasteiger partial charge in [-0.05, 0) is 74.9 Å². The highest BCUT2D eigenvalue weighted by Gasteiger charge is 2.36. The number of phenolic OH excluding ortho intramolecular Hbond substituents is 1. The predicted molar refractivity (Wildman–Crippen MR) is 125 cm³/mol. The monoisotopic (exact) mass is 444 g/mol. The van der Waals surface area contributed by atoms with Gasteiger partial charge in [0.05, 0.1) is 22.2 Å². The lowest BCUT2D eigenvalue weighted by Gasteiger charge is -2.22. The fourth-order valence-corrected chi connectivity index (χ4v) is 4.27. The third-order valence-corrected chi connectivity index (χ3v) is 6.05. The van der Waals surface area contributed by atoms with E-state index in [9.17, 15) is 9.90 Å². The fraction of sp³-hybridized carbons (Fsp3) is 0.304. The van der Waals surface area contributed by atoms with E-state index in [4.69, 9.17) is 21.3 Å². The Kier molecular flexibility index (Phi) is 7.10. The van der Waals surface area contributed by atoms with Crippen LogP contribution in [0.25, 0.3) is 6.08 Å². The van der Waals surface area contributed by atoms with Gasteiger partial charge in [0.15, 0.2) is 16.7 Å². The zero-order valence-corrected chi connectivity index (χ0v) is 19.0. The minimum Gasteiger partial charge on any atom is -0.503 e. The van der Waals surface area contributed by atoms with Crippen molar-refractivity contribution in [2.45, 2.75) is 40.2 Å². The Bertz CT molecular complexity index is 1000. The van der Waals surface area contributed by atoms with Crippen LogP contribution in [0.4, 0.5) is 5.69 Å². The maximum Gasteiger partial charge on any atom is 0.266 e. The molecular formula is C23H25ClN2O3S. The first-order valence-electron chi connectivity index (χ1n) is 9.87. The van der Waals surface area contributed by atoms with E-state index < -0.39 is 0 Å². The second kappa shape index (κ2) is 9.58. The number of carbonyl (C=O) groups is 1. The summed E-state index contributed by atoms with van der Waals surface area (Å²) in [5.74, 6) is 0.0934. The van der Waals surface area contributed by atoms with Crippen molar-refractivity contribution in [3.05, 3.63) is 57.5 Å². The Morgan fingerprint density at radius 3 is 2.60 bits per heavy atom. The Morgan fingerprint density at radius 1 is 1.27 bits per heavy atom. The van der Waals surface area contributed by atoms with Crippen LogP contribution in [0, 0.1) is 6.92 Å². The number of halogens is 1. The highest BCUT2D eigenvalue weighted by Crippen LogP contribution is 2.39. The molecule has 1 amide bonds. The molecule has 0 aliphatic carbocycles. The number of aromatic hydroxyl groups is 1. The molecule has 3 rings (SSSR count). The molecule has 1 N–H and O–H groups in total. The third-order valence-electron chi connectivity index (χ3n) is 4.78. The Balaban J connectivity index is 2.00. The number of hydrogen-bond donors (Lipinski definition) is 1. The maximum atomic E-state index is 13.2. The van der Waals surface area contributed by atoms with E-state index in [2.05, 4.69) is 0 Å². The normalized spacial score (nSPS) is 17.8. The molecule has 0 radical (unpaired) electrons. The average Bonchev–Trinajstić information content (AvgIpc) is 3.02. The number of aryl methyl sites for hydroxylation is 1. The lowest BCUT2D eigenvalue weighted by atomic mass is 10.1. The molecule has 1 saturated heterocycles. The van der Waals surface area contributed by atoms with E-state index in [1.165, 1.54) is 11.8 Å². The van der Waals surface area contributed by atoms with Crippen molar-refractivity contribution >= 4 is 46.2 Å². The van der Waals surface area contributed by atoms with Crippen molar-refractivity contribution in [2.75, 3.05) is 6.61 Å². The second-order valence-electron chi connectivity index (χ2n) is 7.06. The average molecular weight is 445 g/mol. The predicted octanol–water partition coefficient (Wildman–Crippen LogP) is 6.16. The van der Waals surface area contributed by atoms with Crippen molar-refractivity contribution in [1.82, 2.24) is 4.90 Å². The molecule has 0 aromatic heterocycles. The van der Waals surface area contributed by atoms with E-state index in [1.807, 2.05) is 52.0 Å². The summed E-state index contributed by atoms with van der Waals surface area (Å²) in [4.78, 5) is 20.2. The van der Waals surface area contributed by atoms with Crippen molar-refractivity contribution in [3.8, 4) is 11.5 Å². The van der Waals surface area contributed by atoms with E-state index in [0.717, 1.165) is 17.7 Å². The number of hydrogen-bond acceptors (Lipinski definition) is 5. The summed E-state index contributed by atoms with van der Waals surface area (Å²) in [5, 5.41) is 10.9. The first kappa shape index (κ1) is 22.2. The molecule has 30 heavy (non-hydrogen) atoms. The number of ether oxygens (including phenoxy) is 1. The van der Waals surface area contributed by atoms with Gasteiger partial charge in [0.1, 0.15) is 0 Å². The second-order valence-corrected chi connectivity index (χ2v) is 8.47. The molecule has 1 aliphatic rings. The standard InChI is InChI=1S/C23H25ClN2O3S/c1-5-15(4)26-22(28)20(30-23(26)25-17-9-7-14(3)8-10-17)13-16-11-18(24)21(27)19(12-16)29-6-2/h7-13,15,27H,5-6H2,1-4H3/b20-13+,25-23?/t15-/m1/s1. The van der Waals surface area contributed by atoms with Crippen LogP contribution in [0.15, 0.2) is 46.3 Å². The number of benzene rings is 2. The fourth-order valence-electron chi connectivity index (χ4n) is 2.96. The summed E-state index contributed by atoms with van der Waals surface area (Å²) >= 11 is 7.48. The lowest BCUT2D eigenvalue weighted by Crippen LogP contribution is -2.36. The van der Waals surface area contributed by atoms with Crippen LogP contribution in [0.3, 0.4) is 0 Å². The molecule has 0 unspecified atom stereocenters. The molecule has 0 bridgehead atoms. The summed E-state index contributed by atoms with van der Waals surface area (Å²) in [6, 6.07) is 11.2. The van der Waals surface area contributed by atoms with Gasteiger partial charge in [-0.1, -0.05) is 36.2 Å². The molecule has 7 heteroatoms. The minimum absolute atomic E-state index is 0.0162. The number of carbonyl (C=O) groups excluding carboxylic acids is 1. The highest BCUT2D eigenvalue weighted by molar-refractivity contribution is 8.18. The molecule has 5 nitrogen and oxygen atoms in total. The smallest absolute Gasteiger partial charge is 0.266 e. The van der Waals surface area contributed by atoms with Crippen LogP contribution in [-0.2, 0) is 4.79 Å². The van der Waals surface area contributed by atoms with Gasteiger partial charge >= 0.3 is 0 Å². The van der Waals surface area contributed by atoms with E-state index in [-0.39, 0.29) is 22.7 Å². The molecule has 0 saturated carbocycles. The first-order valence-corrected chi connectivity index (χ1v) is 11.1. The zero-order valence-electron chi connectivity index (χ0n) is 17.5. The molecule has 2 aromatic rings. The topological polar surface area (TPSA) is 62.1 Å². The molecule has 1 heterocycles. The van der Waals surface area contributed by atoms with Crippen molar-refractivity contribution in [1.29, 1.82) is 0 Å². The van der Waals surface area contributed by atoms with Gasteiger partial charge in [-0.25, -0.2) is 4.99 Å². The van der Waals surface area contributed by atoms with Gasteiger partial charge in [-0.3, -0.25) is 9.69 Å². The van der Waals surface area contributed by atoms with Gasteiger partial charge in [0, 0.05) is 6.04 Å². The van der Waals surface area contributed by atoms with Gasteiger partial charge in [-0.2, -0.15) is 0 Å². The molecule has 2 aromatic carbocycles. The molecule has 1 aliphatic heterocycles. The van der Waals surface area contributed by atoms with Crippen molar-refractivity contribution < 1.29 is 14.6 Å². The molecule has 0 spiro atoms. The number of amides is 1. The number of rotatable bonds is 6. The molecule has 1 atom stereocenters. The lowest BCUT2D eigenvalue weighted by molar-refractivity contribution is -0.123. The molecular weight excluding hydrogens is 420 g/mol. The molecule has 158 valence electrons. The van der Waals surface area contributed by atoms with E-state index in [1.54, 1.807) is 23.1 Å². The maximum absolute atomic E-state index is 13.2. The van der Waals surface area contributed by atoms with Gasteiger partial charge in [-0.15, -0.1) is 0 Å². The highest BCUT2D eigenvalue weighted by atomic mass is 35.5. The Morgan fingerprint density at radius 2 is 1.97 bits per heavy atom. The first-order chi connectivity index (χ1) is 14.3. The van der Waals surface area contributed by atoms with E-state index >= 15 is 0 Å². The van der Waals surface area contributed by atoms with Crippen LogP contribution >= 0.6 is 23.4 Å². The summed E-state index contributed by atoms with van der Waals surface area (Å²) in [5.41, 5.74) is 2.64. The number of amidine groups is 1. The quantitative estimate of drug-likeness (QED) is 0.542. The van der Waals surface area contributed by atoms with Crippen LogP contribution in [0.5, 0.6) is 11.5 Å². The third kappa shape index (κ3) is 4.82. The largest absolute Gasteiger partial charge is 0.503 e. The van der Waals surface area contributed by atoms with Crippen LogP contribution < -0.4 is 4.74 Å². The zero-order chi connectivity index (χ0) is 21.8. The van der Waals surface area contributed by atoms with Crippen molar-refractivity contribution in [2.24, 2.45) is 4.99 Å². The summed E-state index contributed by atoms with van der Waals surface area (Å²) in [6.07, 6.45) is 2.57. The van der Waals surface area contributed by atoms with Crippen LogP contribution in [-0.4, -0.2) is 33.7 Å². The van der Waals surface area contributed by atoms with E-state index in [0.29, 0.717) is 28.0 Å². The van der Waals surface area contributed by atoms with Gasteiger partial charge < -0.3 is 9.84 Å². The summed E-state index contributed by atoms with van der Waals surface area (Å²) in [6.45, 7) is 8.30. The Labute approximate surface area is 186 Å². The SMILES string of the molecule is CCOc1cc(/C=C2/SC(=Nc3ccc(C)cc3)N([C@H](C)CC)C2=O)cc(Cl)c1O. The van der Waals surface area contributed by atoms with Gasteiger partial charge in [0.25, 0.3) is 5.91 Å². The number of aliphatic imine (C=N–C) groups is 1. The van der Waals surface area contributed by atoms with Crippen LogP contribution in [0.2, 0.25) is 5.02 Å². The number of thioether (sulfide) groups is 1. The number of phenols is 1. The van der Waals surface area contributed by atoms with Crippen LogP contribution in [0.1, 0.15) is 38.3 Å². The summed E-state index contributed by atoms with van der Waals surface area (Å²) in [7, 11) is 0. The molecule has 1 fully saturated rings. The number of nitrogens with zero attached hydrogens (tertiary/aromatic N) is 2. The minimum atomic E-state index is -0.103. The van der Waals surface area contributed by atoms with Crippen molar-refractivity contribution in [3.63, 3.8) is 0 Å². The Hall–Kier alpha value is -2.44. The summed E-state index contributed by atoms with van der Waals surface area (Å²) < 4.78 is 5.45. The van der Waals surface area contributed by atoms with Gasteiger partial charge in [0.2, 0.25) is 0 Å².